The molecular weight excluding hydrogens is 366 g/mol. The van der Waals surface area contributed by atoms with Crippen molar-refractivity contribution < 1.29 is 9.90 Å². The highest BCUT2D eigenvalue weighted by Crippen LogP contribution is 2.43. The molecule has 4 aliphatic rings. The summed E-state index contributed by atoms with van der Waals surface area (Å²) in [6.45, 7) is 1.90. The van der Waals surface area contributed by atoms with Crippen molar-refractivity contribution in [2.24, 2.45) is 11.8 Å². The first-order valence-electron chi connectivity index (χ1n) is 11.3. The van der Waals surface area contributed by atoms with Gasteiger partial charge in [0.2, 0.25) is 11.9 Å². The second kappa shape index (κ2) is 7.42. The highest BCUT2D eigenvalue weighted by Gasteiger charge is 2.49. The lowest BCUT2D eigenvalue weighted by Crippen LogP contribution is -2.66. The Morgan fingerprint density at radius 2 is 1.86 bits per heavy atom. The number of hydrogen-bond donors (Lipinski definition) is 1. The molecule has 29 heavy (non-hydrogen) atoms. The van der Waals surface area contributed by atoms with E-state index in [0.29, 0.717) is 18.3 Å². The summed E-state index contributed by atoms with van der Waals surface area (Å²) in [6.07, 6.45) is 8.30. The van der Waals surface area contributed by atoms with Crippen LogP contribution in [0, 0.1) is 11.8 Å². The van der Waals surface area contributed by atoms with Gasteiger partial charge in [0.25, 0.3) is 0 Å². The van der Waals surface area contributed by atoms with Crippen LogP contribution in [0.5, 0.6) is 0 Å². The Hall–Kier alpha value is -1.89. The Morgan fingerprint density at radius 1 is 1.07 bits per heavy atom. The minimum Gasteiger partial charge on any atom is -0.394 e. The van der Waals surface area contributed by atoms with Gasteiger partial charge in [0, 0.05) is 45.2 Å². The van der Waals surface area contributed by atoms with Gasteiger partial charge in [0.15, 0.2) is 0 Å². The van der Waals surface area contributed by atoms with Crippen molar-refractivity contribution in [3.63, 3.8) is 0 Å². The summed E-state index contributed by atoms with van der Waals surface area (Å²) >= 11 is 0. The average Bonchev–Trinajstić information content (AvgIpc) is 2.73. The number of aryl methyl sites for hydroxylation is 1. The summed E-state index contributed by atoms with van der Waals surface area (Å²) in [5, 5.41) is 10.2. The SMILES string of the molecule is CN(C)c1nc2c(c(N3C[C@H]4C[C@@H](C3)[C@H](CO)N3C(=O)CCC[C@@H]43)n1)CCCC2. The summed E-state index contributed by atoms with van der Waals surface area (Å²) in [4.78, 5) is 29.1. The van der Waals surface area contributed by atoms with Crippen LogP contribution in [-0.4, -0.2) is 71.8 Å². The van der Waals surface area contributed by atoms with Crippen LogP contribution in [-0.2, 0) is 17.6 Å². The Morgan fingerprint density at radius 3 is 2.66 bits per heavy atom. The van der Waals surface area contributed by atoms with Gasteiger partial charge in [-0.2, -0.15) is 4.98 Å². The Labute approximate surface area is 173 Å². The summed E-state index contributed by atoms with van der Waals surface area (Å²) in [6, 6.07) is 0.233. The Bertz CT molecular complexity index is 784. The van der Waals surface area contributed by atoms with Crippen molar-refractivity contribution in [2.75, 3.05) is 43.6 Å². The third-order valence-corrected chi connectivity index (χ3v) is 7.53. The van der Waals surface area contributed by atoms with E-state index in [1.54, 1.807) is 0 Å². The summed E-state index contributed by atoms with van der Waals surface area (Å²) in [7, 11) is 4.01. The third kappa shape index (κ3) is 3.18. The van der Waals surface area contributed by atoms with E-state index in [-0.39, 0.29) is 24.6 Å². The highest BCUT2D eigenvalue weighted by molar-refractivity contribution is 5.78. The van der Waals surface area contributed by atoms with Crippen LogP contribution in [0.4, 0.5) is 11.8 Å². The molecule has 2 bridgehead atoms. The summed E-state index contributed by atoms with van der Waals surface area (Å²) in [5.74, 6) is 2.94. The molecule has 4 atom stereocenters. The number of piperidine rings is 3. The van der Waals surface area contributed by atoms with Gasteiger partial charge < -0.3 is 19.8 Å². The molecule has 1 aromatic heterocycles. The fourth-order valence-electron chi connectivity index (χ4n) is 6.21. The van der Waals surface area contributed by atoms with Crippen molar-refractivity contribution in [1.29, 1.82) is 0 Å². The van der Waals surface area contributed by atoms with E-state index in [2.05, 4.69) is 9.80 Å². The molecule has 0 unspecified atom stereocenters. The molecule has 3 fully saturated rings. The fourth-order valence-corrected chi connectivity index (χ4v) is 6.21. The lowest BCUT2D eigenvalue weighted by atomic mass is 9.72. The van der Waals surface area contributed by atoms with Gasteiger partial charge in [-0.15, -0.1) is 0 Å². The van der Waals surface area contributed by atoms with Crippen molar-refractivity contribution in [3.8, 4) is 0 Å². The topological polar surface area (TPSA) is 72.8 Å². The van der Waals surface area contributed by atoms with Gasteiger partial charge in [-0.3, -0.25) is 4.79 Å². The number of aliphatic hydroxyl groups excluding tert-OH is 1. The Kier molecular flexibility index (Phi) is 4.88. The van der Waals surface area contributed by atoms with E-state index in [9.17, 15) is 9.90 Å². The number of anilines is 2. The van der Waals surface area contributed by atoms with E-state index in [1.165, 1.54) is 24.1 Å². The molecule has 3 saturated heterocycles. The molecule has 0 saturated carbocycles. The number of carbonyl (C=O) groups excluding carboxylic acids is 1. The smallest absolute Gasteiger partial charge is 0.227 e. The number of fused-ring (bicyclic) bond motifs is 5. The molecule has 1 N–H and O–H groups in total. The van der Waals surface area contributed by atoms with Crippen molar-refractivity contribution in [1.82, 2.24) is 14.9 Å². The molecule has 0 aromatic carbocycles. The van der Waals surface area contributed by atoms with E-state index >= 15 is 0 Å². The fraction of sp³-hybridized carbons (Fsp3) is 0.773. The van der Waals surface area contributed by atoms with Crippen LogP contribution in [0.15, 0.2) is 0 Å². The molecule has 4 heterocycles. The molecular formula is C22H33N5O2. The van der Waals surface area contributed by atoms with Gasteiger partial charge in [-0.05, 0) is 56.8 Å². The molecule has 0 spiro atoms. The summed E-state index contributed by atoms with van der Waals surface area (Å²) in [5.41, 5.74) is 2.55. The zero-order valence-corrected chi connectivity index (χ0v) is 17.7. The van der Waals surface area contributed by atoms with Crippen molar-refractivity contribution in [2.45, 2.75) is 63.5 Å². The number of rotatable bonds is 3. The quantitative estimate of drug-likeness (QED) is 0.833. The molecule has 1 aromatic rings. The van der Waals surface area contributed by atoms with Gasteiger partial charge in [0.1, 0.15) is 5.82 Å². The summed E-state index contributed by atoms with van der Waals surface area (Å²) < 4.78 is 0. The van der Waals surface area contributed by atoms with Crippen LogP contribution < -0.4 is 9.80 Å². The zero-order chi connectivity index (χ0) is 20.1. The lowest BCUT2D eigenvalue weighted by molar-refractivity contribution is -0.150. The number of aliphatic hydroxyl groups is 1. The second-order valence-corrected chi connectivity index (χ2v) is 9.55. The number of carbonyl (C=O) groups is 1. The minimum atomic E-state index is -0.0437. The number of nitrogens with zero attached hydrogens (tertiary/aromatic N) is 5. The van der Waals surface area contributed by atoms with Crippen LogP contribution >= 0.6 is 0 Å². The van der Waals surface area contributed by atoms with Gasteiger partial charge in [-0.25, -0.2) is 4.98 Å². The van der Waals surface area contributed by atoms with E-state index in [4.69, 9.17) is 9.97 Å². The first kappa shape index (κ1) is 19.1. The Balaban J connectivity index is 1.51. The maximum Gasteiger partial charge on any atom is 0.227 e. The number of aromatic nitrogens is 2. The molecule has 3 aliphatic heterocycles. The number of hydrogen-bond acceptors (Lipinski definition) is 6. The normalized spacial score (nSPS) is 31.3. The molecule has 7 nitrogen and oxygen atoms in total. The van der Waals surface area contributed by atoms with E-state index in [0.717, 1.165) is 57.0 Å². The van der Waals surface area contributed by atoms with E-state index < -0.39 is 0 Å². The number of amides is 1. The van der Waals surface area contributed by atoms with Crippen LogP contribution in [0.3, 0.4) is 0 Å². The highest BCUT2D eigenvalue weighted by atomic mass is 16.3. The van der Waals surface area contributed by atoms with Crippen molar-refractivity contribution >= 4 is 17.7 Å². The minimum absolute atomic E-state index is 0.0437. The molecule has 5 rings (SSSR count). The molecule has 7 heteroatoms. The van der Waals surface area contributed by atoms with Gasteiger partial charge >= 0.3 is 0 Å². The average molecular weight is 400 g/mol. The standard InChI is InChI=1S/C22H33N5O2/c1-25(2)22-23-17-7-4-3-6-16(17)21(24-22)26-11-14-10-15(12-26)19(13-28)27-18(14)8-5-9-20(27)29/h14-15,18-19,28H,3-13H2,1-2H3/t14-,15+,18+,19+/m1/s1. The first-order chi connectivity index (χ1) is 14.1. The largest absolute Gasteiger partial charge is 0.394 e. The maximum atomic E-state index is 12.7. The zero-order valence-electron chi connectivity index (χ0n) is 17.7. The van der Waals surface area contributed by atoms with Gasteiger partial charge in [0.05, 0.1) is 18.3 Å². The predicted octanol–water partition coefficient (Wildman–Crippen LogP) is 1.62. The lowest BCUT2D eigenvalue weighted by Gasteiger charge is -2.56. The second-order valence-electron chi connectivity index (χ2n) is 9.55. The molecule has 1 amide bonds. The molecule has 158 valence electrons. The van der Waals surface area contributed by atoms with Crippen LogP contribution in [0.1, 0.15) is 49.8 Å². The third-order valence-electron chi connectivity index (χ3n) is 7.53. The van der Waals surface area contributed by atoms with Crippen LogP contribution in [0.2, 0.25) is 0 Å². The van der Waals surface area contributed by atoms with Crippen LogP contribution in [0.25, 0.3) is 0 Å². The first-order valence-corrected chi connectivity index (χ1v) is 11.3. The van der Waals surface area contributed by atoms with Gasteiger partial charge in [-0.1, -0.05) is 0 Å². The van der Waals surface area contributed by atoms with E-state index in [1.807, 2.05) is 19.0 Å². The maximum absolute atomic E-state index is 12.7. The monoisotopic (exact) mass is 399 g/mol. The van der Waals surface area contributed by atoms with Crippen molar-refractivity contribution in [3.05, 3.63) is 11.3 Å². The predicted molar refractivity (Wildman–Crippen MR) is 112 cm³/mol. The molecule has 1 aliphatic carbocycles. The molecule has 0 radical (unpaired) electrons.